The summed E-state index contributed by atoms with van der Waals surface area (Å²) in [6.45, 7) is 8.16. The molecule has 6 nitrogen and oxygen atoms in total. The Kier molecular flexibility index (Phi) is 7.25. The molecule has 3 rings (SSSR count). The van der Waals surface area contributed by atoms with Gasteiger partial charge in [0, 0.05) is 17.1 Å². The molecule has 0 saturated carbocycles. The second-order valence-electron chi connectivity index (χ2n) is 7.29. The maximum Gasteiger partial charge on any atom is 0.229 e. The van der Waals surface area contributed by atoms with Crippen molar-refractivity contribution in [3.8, 4) is 0 Å². The summed E-state index contributed by atoms with van der Waals surface area (Å²) in [4.78, 5) is 13.4. The highest BCUT2D eigenvalue weighted by molar-refractivity contribution is 7.80. The number of guanidine groups is 1. The second kappa shape index (κ2) is 10.1. The lowest BCUT2D eigenvalue weighted by Gasteiger charge is -2.16. The number of thiocarbonyl (C=S) groups is 1. The van der Waals surface area contributed by atoms with Gasteiger partial charge in [-0.15, -0.1) is 0 Å². The standard InChI is InChI=1S/C23H25FN6S/c1-14-5-6-15(2)20(11-14)28-23(31)30-21(25-13-18-7-9-19(24)10-8-18)29-22-26-16(3)12-17(4)27-22/h5-12H,13H2,1-4H3,(H3,25,26,27,28,29,30,31). The third kappa shape index (κ3) is 6.82. The molecule has 0 bridgehead atoms. The van der Waals surface area contributed by atoms with Gasteiger partial charge in [0.15, 0.2) is 5.11 Å². The number of aromatic nitrogens is 2. The zero-order valence-electron chi connectivity index (χ0n) is 18.0. The average molecular weight is 437 g/mol. The van der Waals surface area contributed by atoms with Crippen LogP contribution in [0.25, 0.3) is 0 Å². The second-order valence-corrected chi connectivity index (χ2v) is 7.70. The lowest BCUT2D eigenvalue weighted by Crippen LogP contribution is -2.39. The van der Waals surface area contributed by atoms with Gasteiger partial charge in [0.1, 0.15) is 5.82 Å². The van der Waals surface area contributed by atoms with Crippen LogP contribution in [-0.2, 0) is 6.54 Å². The van der Waals surface area contributed by atoms with Crippen LogP contribution in [-0.4, -0.2) is 21.0 Å². The van der Waals surface area contributed by atoms with Crippen molar-refractivity contribution < 1.29 is 4.39 Å². The number of benzene rings is 2. The first-order valence-corrected chi connectivity index (χ1v) is 10.2. The Morgan fingerprint density at radius 1 is 0.935 bits per heavy atom. The normalized spacial score (nSPS) is 11.2. The van der Waals surface area contributed by atoms with E-state index in [9.17, 15) is 4.39 Å². The molecule has 0 spiro atoms. The molecule has 0 saturated heterocycles. The monoisotopic (exact) mass is 436 g/mol. The highest BCUT2D eigenvalue weighted by Crippen LogP contribution is 2.16. The first kappa shape index (κ1) is 22.3. The molecule has 3 N–H and O–H groups in total. The van der Waals surface area contributed by atoms with Crippen molar-refractivity contribution in [3.05, 3.63) is 82.4 Å². The van der Waals surface area contributed by atoms with Gasteiger partial charge >= 0.3 is 0 Å². The quantitative estimate of drug-likeness (QED) is 0.310. The van der Waals surface area contributed by atoms with E-state index in [4.69, 9.17) is 12.2 Å². The van der Waals surface area contributed by atoms with E-state index in [0.29, 0.717) is 23.6 Å². The summed E-state index contributed by atoms with van der Waals surface area (Å²) in [5.74, 6) is 0.515. The number of hydrogen-bond donors (Lipinski definition) is 3. The largest absolute Gasteiger partial charge is 0.332 e. The third-order valence-corrected chi connectivity index (χ3v) is 4.62. The van der Waals surface area contributed by atoms with Crippen molar-refractivity contribution in [2.45, 2.75) is 34.2 Å². The number of halogens is 1. The van der Waals surface area contributed by atoms with Crippen molar-refractivity contribution in [1.29, 1.82) is 0 Å². The van der Waals surface area contributed by atoms with Gasteiger partial charge in [-0.3, -0.25) is 5.32 Å². The van der Waals surface area contributed by atoms with Crippen LogP contribution in [0.3, 0.4) is 0 Å². The number of anilines is 2. The fourth-order valence-corrected chi connectivity index (χ4v) is 3.10. The summed E-state index contributed by atoms with van der Waals surface area (Å²) in [5.41, 5.74) is 5.65. The zero-order valence-corrected chi connectivity index (χ0v) is 18.8. The summed E-state index contributed by atoms with van der Waals surface area (Å²) in [6, 6.07) is 14.2. The molecule has 0 radical (unpaired) electrons. The predicted octanol–water partition coefficient (Wildman–Crippen LogP) is 4.80. The van der Waals surface area contributed by atoms with Crippen LogP contribution in [0.2, 0.25) is 0 Å². The van der Waals surface area contributed by atoms with Gasteiger partial charge in [-0.2, -0.15) is 0 Å². The molecule has 0 amide bonds. The summed E-state index contributed by atoms with van der Waals surface area (Å²) < 4.78 is 13.2. The maximum absolute atomic E-state index is 13.2. The molecular weight excluding hydrogens is 411 g/mol. The highest BCUT2D eigenvalue weighted by atomic mass is 32.1. The van der Waals surface area contributed by atoms with Crippen molar-refractivity contribution >= 4 is 34.9 Å². The summed E-state index contributed by atoms with van der Waals surface area (Å²) >= 11 is 5.50. The maximum atomic E-state index is 13.2. The van der Waals surface area contributed by atoms with E-state index in [-0.39, 0.29) is 5.82 Å². The van der Waals surface area contributed by atoms with E-state index in [0.717, 1.165) is 33.8 Å². The Bertz CT molecular complexity index is 1090. The van der Waals surface area contributed by atoms with E-state index < -0.39 is 0 Å². The van der Waals surface area contributed by atoms with E-state index in [2.05, 4.69) is 30.9 Å². The Morgan fingerprint density at radius 3 is 2.29 bits per heavy atom. The van der Waals surface area contributed by atoms with E-state index in [1.165, 1.54) is 12.1 Å². The lowest BCUT2D eigenvalue weighted by molar-refractivity contribution is 0.627. The molecule has 0 aliphatic heterocycles. The molecule has 8 heteroatoms. The van der Waals surface area contributed by atoms with Gasteiger partial charge < -0.3 is 10.6 Å². The number of nitrogens with zero attached hydrogens (tertiary/aromatic N) is 3. The Labute approximate surface area is 187 Å². The number of aryl methyl sites for hydroxylation is 4. The van der Waals surface area contributed by atoms with Crippen molar-refractivity contribution in [2.75, 3.05) is 10.6 Å². The highest BCUT2D eigenvalue weighted by Gasteiger charge is 2.08. The van der Waals surface area contributed by atoms with Crippen LogP contribution in [0.4, 0.5) is 16.0 Å². The van der Waals surface area contributed by atoms with Crippen molar-refractivity contribution in [3.63, 3.8) is 0 Å². The van der Waals surface area contributed by atoms with Crippen molar-refractivity contribution in [2.24, 2.45) is 4.99 Å². The minimum Gasteiger partial charge on any atom is -0.332 e. The topological polar surface area (TPSA) is 74.2 Å². The summed E-state index contributed by atoms with van der Waals surface area (Å²) in [5, 5.41) is 9.77. The van der Waals surface area contributed by atoms with E-state index >= 15 is 0 Å². The van der Waals surface area contributed by atoms with Gasteiger partial charge in [0.2, 0.25) is 11.9 Å². The molecule has 1 heterocycles. The third-order valence-electron chi connectivity index (χ3n) is 4.42. The first-order valence-electron chi connectivity index (χ1n) is 9.82. The lowest BCUT2D eigenvalue weighted by atomic mass is 10.1. The molecule has 0 fully saturated rings. The molecule has 160 valence electrons. The molecule has 0 aliphatic rings. The molecule has 0 atom stereocenters. The SMILES string of the molecule is Cc1ccc(C)c(NC(=S)NC(=NCc2ccc(F)cc2)Nc2nc(C)cc(C)n2)c1. The summed E-state index contributed by atoms with van der Waals surface area (Å²) in [6.07, 6.45) is 0. The van der Waals surface area contributed by atoms with Crippen LogP contribution in [0.5, 0.6) is 0 Å². The Morgan fingerprint density at radius 2 is 1.61 bits per heavy atom. The van der Waals surface area contributed by atoms with Crippen LogP contribution in [0, 0.1) is 33.5 Å². The molecule has 3 aromatic rings. The molecule has 0 unspecified atom stereocenters. The van der Waals surface area contributed by atoms with Crippen LogP contribution >= 0.6 is 12.2 Å². The number of rotatable bonds is 4. The number of nitrogens with one attached hydrogen (secondary N) is 3. The van der Waals surface area contributed by atoms with Gasteiger partial charge in [-0.25, -0.2) is 19.4 Å². The zero-order chi connectivity index (χ0) is 22.4. The summed E-state index contributed by atoms with van der Waals surface area (Å²) in [7, 11) is 0. The molecule has 0 aliphatic carbocycles. The minimum atomic E-state index is -0.285. The minimum absolute atomic E-state index is 0.285. The average Bonchev–Trinajstić information content (AvgIpc) is 2.69. The fourth-order valence-electron chi connectivity index (χ4n) is 2.89. The molecule has 31 heavy (non-hydrogen) atoms. The van der Waals surface area contributed by atoms with E-state index in [1.807, 2.05) is 52.0 Å². The number of aliphatic imine (C=N–C) groups is 1. The molecule has 2 aromatic carbocycles. The molecular formula is C23H25FN6S. The van der Waals surface area contributed by atoms with Crippen LogP contribution in [0.1, 0.15) is 28.1 Å². The van der Waals surface area contributed by atoms with Gasteiger partial charge in [-0.05, 0) is 80.9 Å². The van der Waals surface area contributed by atoms with E-state index in [1.54, 1.807) is 12.1 Å². The Balaban J connectivity index is 1.79. The number of hydrogen-bond acceptors (Lipinski definition) is 4. The predicted molar refractivity (Wildman–Crippen MR) is 128 cm³/mol. The first-order chi connectivity index (χ1) is 14.8. The van der Waals surface area contributed by atoms with Crippen molar-refractivity contribution in [1.82, 2.24) is 15.3 Å². The van der Waals surface area contributed by atoms with Crippen LogP contribution < -0.4 is 16.0 Å². The van der Waals surface area contributed by atoms with Crippen LogP contribution in [0.15, 0.2) is 53.5 Å². The fraction of sp³-hybridized carbons (Fsp3) is 0.217. The smallest absolute Gasteiger partial charge is 0.229 e. The Hall–Kier alpha value is -3.39. The molecule has 1 aromatic heterocycles. The van der Waals surface area contributed by atoms with Gasteiger partial charge in [0.25, 0.3) is 0 Å². The van der Waals surface area contributed by atoms with Gasteiger partial charge in [0.05, 0.1) is 6.54 Å². The van der Waals surface area contributed by atoms with Gasteiger partial charge in [-0.1, -0.05) is 24.3 Å².